The van der Waals surface area contributed by atoms with Gasteiger partial charge in [0.1, 0.15) is 11.3 Å². The Balaban J connectivity index is 1.77. The van der Waals surface area contributed by atoms with E-state index in [9.17, 15) is 4.79 Å². The molecule has 3 rings (SSSR count). The van der Waals surface area contributed by atoms with Gasteiger partial charge < -0.3 is 9.73 Å². The van der Waals surface area contributed by atoms with Gasteiger partial charge in [-0.15, -0.1) is 0 Å². The van der Waals surface area contributed by atoms with Crippen molar-refractivity contribution in [1.29, 1.82) is 0 Å². The van der Waals surface area contributed by atoms with E-state index in [0.717, 1.165) is 22.3 Å². The summed E-state index contributed by atoms with van der Waals surface area (Å²) in [7, 11) is 3.97. The first-order chi connectivity index (χ1) is 11.6. The molecule has 4 heteroatoms. The summed E-state index contributed by atoms with van der Waals surface area (Å²) in [6.45, 7) is 2.43. The Morgan fingerprint density at radius 1 is 1.12 bits per heavy atom. The lowest BCUT2D eigenvalue weighted by atomic mass is 10.1. The van der Waals surface area contributed by atoms with E-state index in [1.807, 2.05) is 75.6 Å². The predicted octanol–water partition coefficient (Wildman–Crippen LogP) is 3.77. The van der Waals surface area contributed by atoms with E-state index in [1.54, 1.807) is 0 Å². The molecule has 2 aromatic carbocycles. The van der Waals surface area contributed by atoms with Crippen molar-refractivity contribution >= 4 is 16.9 Å². The highest BCUT2D eigenvalue weighted by molar-refractivity contribution is 5.95. The molecule has 0 spiro atoms. The van der Waals surface area contributed by atoms with Gasteiger partial charge in [0.25, 0.3) is 5.91 Å². The van der Waals surface area contributed by atoms with Gasteiger partial charge in [0, 0.05) is 17.5 Å². The molecule has 0 saturated heterocycles. The van der Waals surface area contributed by atoms with Crippen molar-refractivity contribution in [2.75, 3.05) is 20.6 Å². The molecular formula is C20H22N2O2. The largest absolute Gasteiger partial charge is 0.459 e. The monoisotopic (exact) mass is 322 g/mol. The molecule has 0 aliphatic carbocycles. The zero-order valence-electron chi connectivity index (χ0n) is 14.2. The first-order valence-corrected chi connectivity index (χ1v) is 8.05. The Kier molecular flexibility index (Phi) is 4.67. The molecule has 0 radical (unpaired) electrons. The smallest absolute Gasteiger partial charge is 0.251 e. The molecule has 1 amide bonds. The Labute approximate surface area is 142 Å². The maximum Gasteiger partial charge on any atom is 0.251 e. The number of furan rings is 1. The van der Waals surface area contributed by atoms with Crippen LogP contribution < -0.4 is 5.32 Å². The Morgan fingerprint density at radius 3 is 2.54 bits per heavy atom. The standard InChI is InChI=1S/C20H22N2O2/c1-14-8-4-6-10-16(14)20(23)21-13-17(22(2)3)19-12-15-9-5-7-11-18(15)24-19/h4-12,17H,13H2,1-3H3,(H,21,23). The first-order valence-electron chi connectivity index (χ1n) is 8.05. The lowest BCUT2D eigenvalue weighted by Crippen LogP contribution is -2.34. The second kappa shape index (κ2) is 6.89. The van der Waals surface area contributed by atoms with Crippen molar-refractivity contribution in [2.45, 2.75) is 13.0 Å². The Hall–Kier alpha value is -2.59. The molecule has 0 saturated carbocycles. The Bertz CT molecular complexity index is 818. The quantitative estimate of drug-likeness (QED) is 0.777. The third kappa shape index (κ3) is 3.34. The molecule has 124 valence electrons. The highest BCUT2D eigenvalue weighted by atomic mass is 16.3. The first kappa shape index (κ1) is 16.3. The van der Waals surface area contributed by atoms with Crippen LogP contribution in [0.5, 0.6) is 0 Å². The number of hydrogen-bond donors (Lipinski definition) is 1. The van der Waals surface area contributed by atoms with Gasteiger partial charge in [0.05, 0.1) is 6.04 Å². The van der Waals surface area contributed by atoms with Crippen molar-refractivity contribution < 1.29 is 9.21 Å². The molecule has 1 heterocycles. The van der Waals surface area contributed by atoms with Crippen molar-refractivity contribution in [1.82, 2.24) is 10.2 Å². The predicted molar refractivity (Wildman–Crippen MR) is 96.2 cm³/mol. The number of benzene rings is 2. The van der Waals surface area contributed by atoms with E-state index in [1.165, 1.54) is 0 Å². The summed E-state index contributed by atoms with van der Waals surface area (Å²) in [5.41, 5.74) is 2.55. The van der Waals surface area contributed by atoms with Crippen molar-refractivity contribution in [2.24, 2.45) is 0 Å². The summed E-state index contributed by atoms with van der Waals surface area (Å²) in [4.78, 5) is 14.5. The summed E-state index contributed by atoms with van der Waals surface area (Å²) in [5.74, 6) is 0.794. The highest BCUT2D eigenvalue weighted by Crippen LogP contribution is 2.26. The number of nitrogens with zero attached hydrogens (tertiary/aromatic N) is 1. The normalized spacial score (nSPS) is 12.5. The van der Waals surface area contributed by atoms with Crippen LogP contribution in [-0.2, 0) is 0 Å². The summed E-state index contributed by atoms with van der Waals surface area (Å²) in [6.07, 6.45) is 0. The van der Waals surface area contributed by atoms with Crippen LogP contribution in [0.25, 0.3) is 11.0 Å². The summed E-state index contributed by atoms with van der Waals surface area (Å²) in [5, 5.41) is 4.10. The van der Waals surface area contributed by atoms with Crippen LogP contribution in [0.15, 0.2) is 59.0 Å². The van der Waals surface area contributed by atoms with Crippen LogP contribution in [-0.4, -0.2) is 31.4 Å². The average molecular weight is 322 g/mol. The number of hydrogen-bond acceptors (Lipinski definition) is 3. The van der Waals surface area contributed by atoms with Crippen LogP contribution in [0.1, 0.15) is 27.7 Å². The summed E-state index contributed by atoms with van der Waals surface area (Å²) in [6, 6.07) is 17.6. The minimum absolute atomic E-state index is 0.0228. The fourth-order valence-electron chi connectivity index (χ4n) is 2.82. The van der Waals surface area contributed by atoms with E-state index < -0.39 is 0 Å². The van der Waals surface area contributed by atoms with Crippen LogP contribution in [0.3, 0.4) is 0 Å². The van der Waals surface area contributed by atoms with Crippen LogP contribution in [0.2, 0.25) is 0 Å². The molecule has 24 heavy (non-hydrogen) atoms. The molecule has 4 nitrogen and oxygen atoms in total. The minimum Gasteiger partial charge on any atom is -0.459 e. The van der Waals surface area contributed by atoms with Crippen molar-refractivity contribution in [3.63, 3.8) is 0 Å². The maximum absolute atomic E-state index is 12.4. The third-order valence-corrected chi connectivity index (χ3v) is 4.24. The summed E-state index contributed by atoms with van der Waals surface area (Å²) < 4.78 is 5.96. The second-order valence-corrected chi connectivity index (χ2v) is 6.19. The highest BCUT2D eigenvalue weighted by Gasteiger charge is 2.20. The molecule has 0 aliphatic heterocycles. The number of nitrogens with one attached hydrogen (secondary N) is 1. The van der Waals surface area contributed by atoms with E-state index in [-0.39, 0.29) is 11.9 Å². The van der Waals surface area contributed by atoms with E-state index in [0.29, 0.717) is 12.1 Å². The summed E-state index contributed by atoms with van der Waals surface area (Å²) >= 11 is 0. The van der Waals surface area contributed by atoms with E-state index in [2.05, 4.69) is 10.2 Å². The number of fused-ring (bicyclic) bond motifs is 1. The molecule has 1 atom stereocenters. The SMILES string of the molecule is Cc1ccccc1C(=O)NCC(c1cc2ccccc2o1)N(C)C. The molecule has 0 aliphatic rings. The molecule has 0 fully saturated rings. The van der Waals surface area contributed by atoms with Gasteiger partial charge in [-0.3, -0.25) is 9.69 Å². The number of likely N-dealkylation sites (N-methyl/N-ethyl adjacent to an activating group) is 1. The number of aryl methyl sites for hydroxylation is 1. The zero-order valence-corrected chi connectivity index (χ0v) is 14.2. The molecule has 1 unspecified atom stereocenters. The van der Waals surface area contributed by atoms with Gasteiger partial charge in [-0.25, -0.2) is 0 Å². The fourth-order valence-corrected chi connectivity index (χ4v) is 2.82. The lowest BCUT2D eigenvalue weighted by Gasteiger charge is -2.22. The second-order valence-electron chi connectivity index (χ2n) is 6.19. The van der Waals surface area contributed by atoms with Gasteiger partial charge >= 0.3 is 0 Å². The topological polar surface area (TPSA) is 45.5 Å². The van der Waals surface area contributed by atoms with Gasteiger partial charge in [-0.1, -0.05) is 36.4 Å². The van der Waals surface area contributed by atoms with Gasteiger partial charge in [-0.2, -0.15) is 0 Å². The van der Waals surface area contributed by atoms with Crippen LogP contribution in [0.4, 0.5) is 0 Å². The number of carbonyl (C=O) groups excluding carboxylic acids is 1. The number of rotatable bonds is 5. The van der Waals surface area contributed by atoms with Gasteiger partial charge in [-0.05, 0) is 44.8 Å². The number of amides is 1. The lowest BCUT2D eigenvalue weighted by molar-refractivity contribution is 0.0938. The van der Waals surface area contributed by atoms with Crippen molar-refractivity contribution in [3.05, 3.63) is 71.5 Å². The third-order valence-electron chi connectivity index (χ3n) is 4.24. The minimum atomic E-state index is -0.0592. The van der Waals surface area contributed by atoms with Gasteiger partial charge in [0.15, 0.2) is 0 Å². The number of para-hydroxylation sites is 1. The molecular weight excluding hydrogens is 300 g/mol. The molecule has 0 bridgehead atoms. The van der Waals surface area contributed by atoms with Crippen LogP contribution in [0, 0.1) is 6.92 Å². The Morgan fingerprint density at radius 2 is 1.83 bits per heavy atom. The average Bonchev–Trinajstić information content (AvgIpc) is 2.98. The van der Waals surface area contributed by atoms with Crippen LogP contribution >= 0.6 is 0 Å². The van der Waals surface area contributed by atoms with E-state index >= 15 is 0 Å². The van der Waals surface area contributed by atoms with E-state index in [4.69, 9.17) is 4.42 Å². The molecule has 1 N–H and O–H groups in total. The zero-order chi connectivity index (χ0) is 17.1. The molecule has 3 aromatic rings. The van der Waals surface area contributed by atoms with Crippen molar-refractivity contribution in [3.8, 4) is 0 Å². The maximum atomic E-state index is 12.4. The number of carbonyl (C=O) groups is 1. The van der Waals surface area contributed by atoms with Gasteiger partial charge in [0.2, 0.25) is 0 Å². The fraction of sp³-hybridized carbons (Fsp3) is 0.250. The molecule has 1 aromatic heterocycles.